The number of hydrogen-bond acceptors (Lipinski definition) is 2. The first-order valence-electron chi connectivity index (χ1n) is 6.01. The van der Waals surface area contributed by atoms with Gasteiger partial charge < -0.3 is 5.32 Å². The van der Waals surface area contributed by atoms with Gasteiger partial charge in [0.2, 0.25) is 0 Å². The molecule has 0 aromatic rings. The van der Waals surface area contributed by atoms with Gasteiger partial charge in [0.05, 0.1) is 0 Å². The van der Waals surface area contributed by atoms with Crippen molar-refractivity contribution in [1.29, 1.82) is 0 Å². The van der Waals surface area contributed by atoms with Crippen molar-refractivity contribution in [3.63, 3.8) is 0 Å². The predicted octanol–water partition coefficient (Wildman–Crippen LogP) is 3.54. The monoisotopic (exact) mass is 217 g/mol. The lowest BCUT2D eigenvalue weighted by atomic mass is 10.1. The minimum atomic E-state index is 0.728. The van der Waals surface area contributed by atoms with Crippen LogP contribution < -0.4 is 5.32 Å². The molecule has 1 unspecified atom stereocenters. The number of nitrogens with one attached hydrogen (secondary N) is 1. The first kappa shape index (κ1) is 14.3. The Bertz CT molecular complexity index is 115. The van der Waals surface area contributed by atoms with E-state index in [2.05, 4.69) is 44.8 Å². The topological polar surface area (TPSA) is 12.0 Å². The molecule has 14 heavy (non-hydrogen) atoms. The van der Waals surface area contributed by atoms with E-state index < -0.39 is 0 Å². The molecule has 86 valence electrons. The molecular weight excluding hydrogens is 190 g/mol. The summed E-state index contributed by atoms with van der Waals surface area (Å²) in [7, 11) is 0. The predicted molar refractivity (Wildman–Crippen MR) is 69.2 cm³/mol. The summed E-state index contributed by atoms with van der Waals surface area (Å²) in [6.45, 7) is 10.3. The van der Waals surface area contributed by atoms with Crippen molar-refractivity contribution in [1.82, 2.24) is 5.32 Å². The molecule has 0 saturated heterocycles. The lowest BCUT2D eigenvalue weighted by Crippen LogP contribution is -2.33. The average Bonchev–Trinajstić information content (AvgIpc) is 2.13. The summed E-state index contributed by atoms with van der Waals surface area (Å²) in [5.41, 5.74) is 0. The van der Waals surface area contributed by atoms with E-state index in [-0.39, 0.29) is 0 Å². The molecular formula is C12H27NS. The molecule has 0 aromatic carbocycles. The van der Waals surface area contributed by atoms with Gasteiger partial charge in [-0.25, -0.2) is 0 Å². The third-order valence-corrected chi connectivity index (χ3v) is 3.44. The van der Waals surface area contributed by atoms with Crippen molar-refractivity contribution in [3.8, 4) is 0 Å². The molecule has 1 nitrogen and oxygen atoms in total. The molecule has 0 radical (unpaired) electrons. The maximum atomic E-state index is 3.64. The fourth-order valence-electron chi connectivity index (χ4n) is 1.50. The smallest absolute Gasteiger partial charge is 0.0160 e. The highest BCUT2D eigenvalue weighted by Crippen LogP contribution is 2.11. The van der Waals surface area contributed by atoms with Crippen LogP contribution in [0.5, 0.6) is 0 Å². The SMILES string of the molecule is CCCNC(CSCCC)CC(C)C. The fraction of sp³-hybridized carbons (Fsp3) is 1.00. The molecule has 0 amide bonds. The molecule has 0 spiro atoms. The van der Waals surface area contributed by atoms with Gasteiger partial charge in [0.25, 0.3) is 0 Å². The Morgan fingerprint density at radius 3 is 2.36 bits per heavy atom. The molecule has 0 aliphatic carbocycles. The van der Waals surface area contributed by atoms with E-state index in [9.17, 15) is 0 Å². The second-order valence-electron chi connectivity index (χ2n) is 4.36. The number of rotatable bonds is 9. The average molecular weight is 217 g/mol. The fourth-order valence-corrected chi connectivity index (χ4v) is 2.49. The molecule has 0 aromatic heterocycles. The maximum absolute atomic E-state index is 3.64. The highest BCUT2D eigenvalue weighted by atomic mass is 32.2. The lowest BCUT2D eigenvalue weighted by molar-refractivity contribution is 0.448. The molecule has 1 atom stereocenters. The third kappa shape index (κ3) is 8.89. The lowest BCUT2D eigenvalue weighted by Gasteiger charge is -2.20. The molecule has 0 aliphatic heterocycles. The van der Waals surface area contributed by atoms with E-state index >= 15 is 0 Å². The van der Waals surface area contributed by atoms with Gasteiger partial charge in [-0.15, -0.1) is 0 Å². The van der Waals surface area contributed by atoms with Crippen molar-refractivity contribution in [2.45, 2.75) is 53.0 Å². The van der Waals surface area contributed by atoms with Gasteiger partial charge >= 0.3 is 0 Å². The van der Waals surface area contributed by atoms with Crippen molar-refractivity contribution in [2.75, 3.05) is 18.1 Å². The first-order valence-corrected chi connectivity index (χ1v) is 7.17. The quantitative estimate of drug-likeness (QED) is 0.593. The maximum Gasteiger partial charge on any atom is 0.0160 e. The zero-order valence-corrected chi connectivity index (χ0v) is 11.1. The molecule has 0 rings (SSSR count). The second kappa shape index (κ2) is 9.85. The number of hydrogen-bond donors (Lipinski definition) is 1. The van der Waals surface area contributed by atoms with E-state index in [1.54, 1.807) is 0 Å². The van der Waals surface area contributed by atoms with Crippen LogP contribution in [0.15, 0.2) is 0 Å². The highest BCUT2D eigenvalue weighted by molar-refractivity contribution is 7.99. The van der Waals surface area contributed by atoms with Crippen molar-refractivity contribution >= 4 is 11.8 Å². The Balaban J connectivity index is 3.61. The Hall–Kier alpha value is 0.310. The van der Waals surface area contributed by atoms with Crippen molar-refractivity contribution < 1.29 is 0 Å². The Labute approximate surface area is 94.4 Å². The highest BCUT2D eigenvalue weighted by Gasteiger charge is 2.09. The van der Waals surface area contributed by atoms with Crippen LogP contribution in [0.4, 0.5) is 0 Å². The van der Waals surface area contributed by atoms with Crippen molar-refractivity contribution in [2.24, 2.45) is 5.92 Å². The summed E-state index contributed by atoms with van der Waals surface area (Å²) in [5, 5.41) is 3.64. The summed E-state index contributed by atoms with van der Waals surface area (Å²) in [5.74, 6) is 3.40. The molecule has 2 heteroatoms. The molecule has 0 saturated carbocycles. The van der Waals surface area contributed by atoms with E-state index in [0.29, 0.717) is 0 Å². The van der Waals surface area contributed by atoms with Gasteiger partial charge in [0, 0.05) is 11.8 Å². The zero-order chi connectivity index (χ0) is 10.8. The van der Waals surface area contributed by atoms with E-state index in [0.717, 1.165) is 12.0 Å². The van der Waals surface area contributed by atoms with Crippen LogP contribution in [0.3, 0.4) is 0 Å². The molecule has 0 aliphatic rings. The molecule has 0 fully saturated rings. The van der Waals surface area contributed by atoms with Gasteiger partial charge in [0.1, 0.15) is 0 Å². The van der Waals surface area contributed by atoms with Gasteiger partial charge in [0.15, 0.2) is 0 Å². The zero-order valence-electron chi connectivity index (χ0n) is 10.3. The van der Waals surface area contributed by atoms with Gasteiger partial charge in [-0.1, -0.05) is 27.7 Å². The summed E-state index contributed by atoms with van der Waals surface area (Å²) < 4.78 is 0. The summed E-state index contributed by atoms with van der Waals surface area (Å²) in [6.07, 6.45) is 3.86. The Kier molecular flexibility index (Phi) is 10.1. The van der Waals surface area contributed by atoms with Crippen LogP contribution in [0, 0.1) is 5.92 Å². The van der Waals surface area contributed by atoms with Gasteiger partial charge in [-0.2, -0.15) is 11.8 Å². The van der Waals surface area contributed by atoms with Crippen LogP contribution in [-0.2, 0) is 0 Å². The van der Waals surface area contributed by atoms with Crippen LogP contribution in [0.25, 0.3) is 0 Å². The normalized spacial score (nSPS) is 13.5. The third-order valence-electron chi connectivity index (χ3n) is 2.11. The van der Waals surface area contributed by atoms with Gasteiger partial charge in [-0.3, -0.25) is 0 Å². The Morgan fingerprint density at radius 1 is 1.14 bits per heavy atom. The van der Waals surface area contributed by atoms with Crippen LogP contribution >= 0.6 is 11.8 Å². The molecule has 0 heterocycles. The second-order valence-corrected chi connectivity index (χ2v) is 5.51. The van der Waals surface area contributed by atoms with Gasteiger partial charge in [-0.05, 0) is 37.5 Å². The van der Waals surface area contributed by atoms with Crippen LogP contribution in [-0.4, -0.2) is 24.1 Å². The summed E-state index contributed by atoms with van der Waals surface area (Å²) >= 11 is 2.09. The summed E-state index contributed by atoms with van der Waals surface area (Å²) in [4.78, 5) is 0. The van der Waals surface area contributed by atoms with E-state index in [4.69, 9.17) is 0 Å². The standard InChI is InChI=1S/C12H27NS/c1-5-7-13-12(9-11(3)4)10-14-8-6-2/h11-13H,5-10H2,1-4H3. The minimum Gasteiger partial charge on any atom is -0.313 e. The largest absolute Gasteiger partial charge is 0.313 e. The minimum absolute atomic E-state index is 0.728. The van der Waals surface area contributed by atoms with Crippen molar-refractivity contribution in [3.05, 3.63) is 0 Å². The van der Waals surface area contributed by atoms with E-state index in [1.165, 1.54) is 37.3 Å². The Morgan fingerprint density at radius 2 is 1.86 bits per heavy atom. The molecule has 0 bridgehead atoms. The molecule has 1 N–H and O–H groups in total. The summed E-state index contributed by atoms with van der Waals surface area (Å²) in [6, 6.07) is 0.728. The van der Waals surface area contributed by atoms with Crippen LogP contribution in [0.1, 0.15) is 47.0 Å². The first-order chi connectivity index (χ1) is 6.70. The van der Waals surface area contributed by atoms with E-state index in [1.807, 2.05) is 0 Å². The number of thioether (sulfide) groups is 1. The van der Waals surface area contributed by atoms with Crippen LogP contribution in [0.2, 0.25) is 0 Å².